The van der Waals surface area contributed by atoms with Crippen molar-refractivity contribution in [1.29, 1.82) is 0 Å². The minimum Gasteiger partial charge on any atom is -0.368 e. The van der Waals surface area contributed by atoms with Gasteiger partial charge in [-0.05, 0) is 61.6 Å². The van der Waals surface area contributed by atoms with Crippen LogP contribution in [-0.2, 0) is 19.3 Å². The van der Waals surface area contributed by atoms with Gasteiger partial charge in [-0.3, -0.25) is 9.47 Å². The molecule has 3 fully saturated rings. The van der Waals surface area contributed by atoms with Crippen molar-refractivity contribution in [3.8, 4) is 5.69 Å². The van der Waals surface area contributed by atoms with E-state index in [2.05, 4.69) is 10.2 Å². The van der Waals surface area contributed by atoms with Crippen LogP contribution in [-0.4, -0.2) is 45.0 Å². The minimum absolute atomic E-state index is 0.0400. The predicted molar refractivity (Wildman–Crippen MR) is 136 cm³/mol. The monoisotopic (exact) mass is 599 g/mol. The van der Waals surface area contributed by atoms with Crippen LogP contribution in [0.2, 0.25) is 5.02 Å². The van der Waals surface area contributed by atoms with Crippen molar-refractivity contribution in [2.45, 2.75) is 63.1 Å². The summed E-state index contributed by atoms with van der Waals surface area (Å²) in [6, 6.07) is 8.61. The lowest BCUT2D eigenvalue weighted by molar-refractivity contribution is -0.207. The summed E-state index contributed by atoms with van der Waals surface area (Å²) >= 11 is 6.30. The van der Waals surface area contributed by atoms with Gasteiger partial charge in [0.25, 0.3) is 0 Å². The highest BCUT2D eigenvalue weighted by atomic mass is 35.5. The third-order valence-electron chi connectivity index (χ3n) is 9.25. The van der Waals surface area contributed by atoms with Crippen LogP contribution in [0.3, 0.4) is 0 Å². The molecule has 41 heavy (non-hydrogen) atoms. The molecule has 1 aromatic heterocycles. The Kier molecular flexibility index (Phi) is 5.97. The molecule has 2 aromatic carbocycles. The van der Waals surface area contributed by atoms with Crippen molar-refractivity contribution < 1.29 is 30.7 Å². The van der Waals surface area contributed by atoms with Crippen molar-refractivity contribution in [1.82, 2.24) is 19.7 Å². The van der Waals surface area contributed by atoms with Gasteiger partial charge < -0.3 is 4.90 Å². The summed E-state index contributed by atoms with van der Waals surface area (Å²) in [6.45, 7) is 1.70. The van der Waals surface area contributed by atoms with Gasteiger partial charge in [-0.15, -0.1) is 10.2 Å². The summed E-state index contributed by atoms with van der Waals surface area (Å²) in [5.74, 6) is -1.10. The molecule has 0 atom stereocenters. The molecule has 3 heterocycles. The molecule has 0 N–H and O–H groups in total. The number of nitrogens with zero attached hydrogens (tertiary/aromatic N) is 5. The van der Waals surface area contributed by atoms with Gasteiger partial charge in [-0.25, -0.2) is 4.39 Å². The number of aromatic nitrogens is 3. The normalized spacial score (nSPS) is 24.2. The van der Waals surface area contributed by atoms with Crippen LogP contribution in [0.5, 0.6) is 0 Å². The van der Waals surface area contributed by atoms with Crippen LogP contribution in [0, 0.1) is 17.2 Å². The fourth-order valence-electron chi connectivity index (χ4n) is 7.07. The number of hydrogen-bond donors (Lipinski definition) is 0. The van der Waals surface area contributed by atoms with E-state index in [1.165, 1.54) is 12.1 Å². The third-order valence-corrected chi connectivity index (χ3v) is 9.48. The molecule has 1 spiro atoms. The lowest BCUT2D eigenvalue weighted by Gasteiger charge is -2.59. The predicted octanol–water partition coefficient (Wildman–Crippen LogP) is 7.12. The first-order valence-electron chi connectivity index (χ1n) is 13.5. The lowest BCUT2D eigenvalue weighted by Crippen LogP contribution is -2.62. The summed E-state index contributed by atoms with van der Waals surface area (Å²) in [4.78, 5) is 3.66. The highest BCUT2D eigenvalue weighted by Gasteiger charge is 2.55. The number of halogens is 8. The zero-order chi connectivity index (χ0) is 28.9. The maximum Gasteiger partial charge on any atom is 0.419 e. The van der Waals surface area contributed by atoms with Crippen molar-refractivity contribution >= 4 is 17.3 Å². The number of rotatable bonds is 3. The standard InChI is InChI=1S/C28H25ClF7N5/c29-18-4-5-21-15(6-18)11-39(19-7-17(8-19)27(31,32)33)12-23-37-38-25(41(21)23)16-9-26(10-16)13-40(14-26)22-3-1-2-20(24(22)30)28(34,35)36/h1-6,16-17,19H,7-14H2. The molecule has 7 rings (SSSR count). The average molecular weight is 600 g/mol. The molecular formula is C28H25ClF7N5. The van der Waals surface area contributed by atoms with Gasteiger partial charge >= 0.3 is 12.4 Å². The van der Waals surface area contributed by atoms with E-state index < -0.39 is 29.7 Å². The summed E-state index contributed by atoms with van der Waals surface area (Å²) in [6.07, 6.45) is -7.40. The van der Waals surface area contributed by atoms with Crippen molar-refractivity contribution in [3.63, 3.8) is 0 Å². The molecule has 3 aromatic rings. The Bertz CT molecular complexity index is 1500. The summed E-state index contributed by atoms with van der Waals surface area (Å²) in [5.41, 5.74) is 0.283. The van der Waals surface area contributed by atoms with E-state index in [0.29, 0.717) is 37.0 Å². The van der Waals surface area contributed by atoms with E-state index in [4.69, 9.17) is 11.6 Å². The van der Waals surface area contributed by atoms with Crippen molar-refractivity contribution in [2.24, 2.45) is 11.3 Å². The lowest BCUT2D eigenvalue weighted by atomic mass is 9.57. The first kappa shape index (κ1) is 27.0. The maximum absolute atomic E-state index is 14.7. The van der Waals surface area contributed by atoms with Gasteiger partial charge in [0.1, 0.15) is 5.82 Å². The molecule has 2 aliphatic heterocycles. The number of anilines is 1. The van der Waals surface area contributed by atoms with E-state index in [1.807, 2.05) is 21.6 Å². The second kappa shape index (κ2) is 9.07. The molecule has 0 amide bonds. The van der Waals surface area contributed by atoms with Gasteiger partial charge in [0.05, 0.1) is 29.4 Å². The Morgan fingerprint density at radius 1 is 0.902 bits per heavy atom. The first-order chi connectivity index (χ1) is 19.3. The Hall–Kier alpha value is -2.86. The van der Waals surface area contributed by atoms with Crippen LogP contribution >= 0.6 is 11.6 Å². The fourth-order valence-corrected chi connectivity index (χ4v) is 7.26. The average Bonchev–Trinajstić information content (AvgIpc) is 3.11. The smallest absolute Gasteiger partial charge is 0.368 e. The summed E-state index contributed by atoms with van der Waals surface area (Å²) in [5, 5.41) is 9.48. The zero-order valence-electron chi connectivity index (χ0n) is 21.6. The van der Waals surface area contributed by atoms with Crippen LogP contribution in [0.25, 0.3) is 5.69 Å². The highest BCUT2D eigenvalue weighted by molar-refractivity contribution is 6.30. The number of hydrogen-bond acceptors (Lipinski definition) is 4. The van der Waals surface area contributed by atoms with Crippen molar-refractivity contribution in [3.05, 3.63) is 70.0 Å². The SMILES string of the molecule is Fc1c(N2CC3(CC(c4nnc5n4-c4ccc(Cl)cc4CN(C4CC(C(F)(F)F)C4)C5)C3)C2)cccc1C(F)(F)F. The quantitative estimate of drug-likeness (QED) is 0.301. The van der Waals surface area contributed by atoms with Crippen LogP contribution in [0.4, 0.5) is 36.4 Å². The van der Waals surface area contributed by atoms with E-state index in [-0.39, 0.29) is 35.9 Å². The fraction of sp³-hybridized carbons (Fsp3) is 0.500. The van der Waals surface area contributed by atoms with Gasteiger partial charge in [0.15, 0.2) is 11.6 Å². The minimum atomic E-state index is -4.76. The number of fused-ring (bicyclic) bond motifs is 3. The van der Waals surface area contributed by atoms with Crippen molar-refractivity contribution in [2.75, 3.05) is 18.0 Å². The highest BCUT2D eigenvalue weighted by Crippen LogP contribution is 2.57. The van der Waals surface area contributed by atoms with Crippen LogP contribution in [0.1, 0.15) is 54.4 Å². The Morgan fingerprint density at radius 3 is 2.32 bits per heavy atom. The summed E-state index contributed by atoms with van der Waals surface area (Å²) in [7, 11) is 0. The Morgan fingerprint density at radius 2 is 1.63 bits per heavy atom. The molecule has 1 saturated heterocycles. The molecule has 0 bridgehead atoms. The zero-order valence-corrected chi connectivity index (χ0v) is 22.4. The second-order valence-electron chi connectivity index (χ2n) is 11.9. The van der Waals surface area contributed by atoms with Gasteiger partial charge in [0.2, 0.25) is 0 Å². The topological polar surface area (TPSA) is 37.2 Å². The van der Waals surface area contributed by atoms with Gasteiger partial charge in [-0.1, -0.05) is 17.7 Å². The van der Waals surface area contributed by atoms with E-state index in [0.717, 1.165) is 36.0 Å². The molecule has 2 aliphatic carbocycles. The number of benzene rings is 2. The third kappa shape index (κ3) is 4.48. The molecule has 4 aliphatic rings. The van der Waals surface area contributed by atoms with Crippen LogP contribution in [0.15, 0.2) is 36.4 Å². The van der Waals surface area contributed by atoms with E-state index in [9.17, 15) is 30.7 Å². The maximum atomic E-state index is 14.7. The Balaban J connectivity index is 1.09. The van der Waals surface area contributed by atoms with E-state index in [1.54, 1.807) is 11.0 Å². The second-order valence-corrected chi connectivity index (χ2v) is 12.4. The Labute approximate surface area is 235 Å². The molecule has 13 heteroatoms. The largest absolute Gasteiger partial charge is 0.419 e. The van der Waals surface area contributed by atoms with Gasteiger partial charge in [-0.2, -0.15) is 26.3 Å². The molecule has 218 valence electrons. The summed E-state index contributed by atoms with van der Waals surface area (Å²) < 4.78 is 95.7. The molecule has 2 saturated carbocycles. The molecule has 0 unspecified atom stereocenters. The first-order valence-corrected chi connectivity index (χ1v) is 13.8. The van der Waals surface area contributed by atoms with Gasteiger partial charge in [0, 0.05) is 42.0 Å². The van der Waals surface area contributed by atoms with E-state index >= 15 is 0 Å². The van der Waals surface area contributed by atoms with Crippen LogP contribution < -0.4 is 4.90 Å². The molecule has 5 nitrogen and oxygen atoms in total. The molecule has 0 radical (unpaired) electrons. The molecular weight excluding hydrogens is 575 g/mol. The number of alkyl halides is 6.